The lowest BCUT2D eigenvalue weighted by molar-refractivity contribution is -0.0543. The van der Waals surface area contributed by atoms with Crippen LogP contribution in [-0.4, -0.2) is 58.6 Å². The van der Waals surface area contributed by atoms with Crippen molar-refractivity contribution >= 4 is 0 Å². The topological polar surface area (TPSA) is 69.0 Å². The molecule has 4 rings (SSSR count). The summed E-state index contributed by atoms with van der Waals surface area (Å²) in [5.41, 5.74) is 0.159. The molecule has 188 valence electrons. The summed E-state index contributed by atoms with van der Waals surface area (Å²) in [6.45, 7) is 5.62. The average Bonchev–Trinajstić information content (AvgIpc) is 3.33. The third-order valence-electron chi connectivity index (χ3n) is 6.46. The molecule has 2 heterocycles. The Hall–Kier alpha value is -3.10. The van der Waals surface area contributed by atoms with Crippen molar-refractivity contribution in [1.29, 1.82) is 0 Å². The lowest BCUT2D eigenvalue weighted by atomic mass is 9.92. The van der Waals surface area contributed by atoms with Gasteiger partial charge in [0.1, 0.15) is 24.6 Å². The van der Waals surface area contributed by atoms with E-state index in [1.54, 1.807) is 25.3 Å². The largest absolute Gasteiger partial charge is 0.493 e. The smallest absolute Gasteiger partial charge is 0.165 e. The molecular formula is C27H34FN3O4. The van der Waals surface area contributed by atoms with E-state index in [-0.39, 0.29) is 12.4 Å². The van der Waals surface area contributed by atoms with E-state index in [4.69, 9.17) is 14.2 Å². The molecule has 2 aromatic carbocycles. The van der Waals surface area contributed by atoms with Crippen molar-refractivity contribution in [2.75, 3.05) is 33.4 Å². The van der Waals surface area contributed by atoms with Crippen LogP contribution < -0.4 is 14.2 Å². The van der Waals surface area contributed by atoms with Gasteiger partial charge in [-0.3, -0.25) is 4.90 Å². The number of hydrogen-bond acceptors (Lipinski definition) is 6. The van der Waals surface area contributed by atoms with Gasteiger partial charge < -0.3 is 23.9 Å². The SMILES string of the molecule is CCc1nccn1CCOc1ccc(CN2CCC(O)(COc3ccccc3F)CC2)cc1OC. The number of halogens is 1. The number of para-hydroxylation sites is 1. The van der Waals surface area contributed by atoms with E-state index in [1.165, 1.54) is 6.07 Å². The number of aliphatic hydroxyl groups is 1. The number of ether oxygens (including phenoxy) is 3. The van der Waals surface area contributed by atoms with E-state index in [2.05, 4.69) is 27.4 Å². The average molecular weight is 484 g/mol. The molecule has 0 bridgehead atoms. The molecule has 1 aromatic heterocycles. The molecule has 0 unspecified atom stereocenters. The van der Waals surface area contributed by atoms with Crippen LogP contribution in [0.2, 0.25) is 0 Å². The zero-order chi connectivity index (χ0) is 24.7. The second-order valence-corrected chi connectivity index (χ2v) is 8.94. The summed E-state index contributed by atoms with van der Waals surface area (Å²) >= 11 is 0. The van der Waals surface area contributed by atoms with Gasteiger partial charge in [-0.05, 0) is 42.7 Å². The number of aromatic nitrogens is 2. The zero-order valence-electron chi connectivity index (χ0n) is 20.5. The number of imidazole rings is 1. The summed E-state index contributed by atoms with van der Waals surface area (Å²) in [6.07, 6.45) is 5.79. The zero-order valence-corrected chi connectivity index (χ0v) is 20.5. The molecule has 1 aliphatic heterocycles. The van der Waals surface area contributed by atoms with E-state index in [9.17, 15) is 9.50 Å². The Bertz CT molecular complexity index is 1100. The summed E-state index contributed by atoms with van der Waals surface area (Å²) < 4.78 is 33.0. The molecule has 8 heteroatoms. The maximum Gasteiger partial charge on any atom is 0.165 e. The fraction of sp³-hybridized carbons (Fsp3) is 0.444. The van der Waals surface area contributed by atoms with Gasteiger partial charge in [-0.1, -0.05) is 25.1 Å². The highest BCUT2D eigenvalue weighted by Crippen LogP contribution is 2.30. The minimum absolute atomic E-state index is 0.0838. The van der Waals surface area contributed by atoms with Crippen molar-refractivity contribution in [3.8, 4) is 17.2 Å². The highest BCUT2D eigenvalue weighted by molar-refractivity contribution is 5.43. The van der Waals surface area contributed by atoms with E-state index < -0.39 is 11.4 Å². The number of piperidine rings is 1. The Morgan fingerprint density at radius 1 is 1.06 bits per heavy atom. The van der Waals surface area contributed by atoms with Gasteiger partial charge in [-0.2, -0.15) is 0 Å². The maximum atomic E-state index is 13.8. The first-order valence-electron chi connectivity index (χ1n) is 12.1. The first-order chi connectivity index (χ1) is 17.0. The maximum absolute atomic E-state index is 13.8. The van der Waals surface area contributed by atoms with Gasteiger partial charge in [-0.15, -0.1) is 0 Å². The van der Waals surface area contributed by atoms with Gasteiger partial charge >= 0.3 is 0 Å². The van der Waals surface area contributed by atoms with Crippen molar-refractivity contribution in [3.05, 3.63) is 72.1 Å². The number of benzene rings is 2. The monoisotopic (exact) mass is 483 g/mol. The third kappa shape index (κ3) is 6.52. The van der Waals surface area contributed by atoms with Gasteiger partial charge in [0.2, 0.25) is 0 Å². The molecule has 0 saturated carbocycles. The van der Waals surface area contributed by atoms with Gasteiger partial charge in [-0.25, -0.2) is 9.37 Å². The molecule has 1 aliphatic rings. The molecule has 7 nitrogen and oxygen atoms in total. The minimum atomic E-state index is -0.957. The minimum Gasteiger partial charge on any atom is -0.493 e. The van der Waals surface area contributed by atoms with Gasteiger partial charge in [0, 0.05) is 38.4 Å². The molecule has 0 aliphatic carbocycles. The van der Waals surface area contributed by atoms with Crippen molar-refractivity contribution < 1.29 is 23.7 Å². The third-order valence-corrected chi connectivity index (χ3v) is 6.46. The predicted molar refractivity (Wildman–Crippen MR) is 131 cm³/mol. The molecule has 0 atom stereocenters. The van der Waals surface area contributed by atoms with E-state index in [0.717, 1.165) is 44.0 Å². The molecular weight excluding hydrogens is 449 g/mol. The molecule has 1 N–H and O–H groups in total. The van der Waals surface area contributed by atoms with Crippen molar-refractivity contribution in [1.82, 2.24) is 14.5 Å². The van der Waals surface area contributed by atoms with Crippen LogP contribution in [0.4, 0.5) is 4.39 Å². The highest BCUT2D eigenvalue weighted by atomic mass is 19.1. The molecule has 1 fully saturated rings. The summed E-state index contributed by atoms with van der Waals surface area (Å²) in [7, 11) is 1.65. The lowest BCUT2D eigenvalue weighted by Gasteiger charge is -2.38. The predicted octanol–water partition coefficient (Wildman–Crippen LogP) is 4.08. The van der Waals surface area contributed by atoms with Gasteiger partial charge in [0.15, 0.2) is 23.1 Å². The lowest BCUT2D eigenvalue weighted by Crippen LogP contribution is -2.47. The Balaban J connectivity index is 1.26. The Labute approximate surface area is 206 Å². The molecule has 1 saturated heterocycles. The van der Waals surface area contributed by atoms with Crippen molar-refractivity contribution in [2.24, 2.45) is 0 Å². The fourth-order valence-electron chi connectivity index (χ4n) is 4.35. The Morgan fingerprint density at radius 3 is 2.60 bits per heavy atom. The first kappa shape index (κ1) is 25.0. The second-order valence-electron chi connectivity index (χ2n) is 8.94. The van der Waals surface area contributed by atoms with Crippen LogP contribution in [0, 0.1) is 5.82 Å². The quantitative estimate of drug-likeness (QED) is 0.443. The van der Waals surface area contributed by atoms with Gasteiger partial charge in [0.25, 0.3) is 0 Å². The number of methoxy groups -OCH3 is 1. The number of hydrogen-bond donors (Lipinski definition) is 1. The summed E-state index contributed by atoms with van der Waals surface area (Å²) in [6, 6.07) is 12.3. The normalized spacial score (nSPS) is 15.7. The van der Waals surface area contributed by atoms with Gasteiger partial charge in [0.05, 0.1) is 13.7 Å². The van der Waals surface area contributed by atoms with Crippen LogP contribution >= 0.6 is 0 Å². The van der Waals surface area contributed by atoms with E-state index in [0.29, 0.717) is 30.9 Å². The second kappa shape index (κ2) is 11.6. The summed E-state index contributed by atoms with van der Waals surface area (Å²) in [5, 5.41) is 10.9. The number of aryl methyl sites for hydroxylation is 1. The number of rotatable bonds is 11. The van der Waals surface area contributed by atoms with Crippen molar-refractivity contribution in [3.63, 3.8) is 0 Å². The van der Waals surface area contributed by atoms with E-state index in [1.807, 2.05) is 24.5 Å². The first-order valence-corrected chi connectivity index (χ1v) is 12.1. The van der Waals surface area contributed by atoms with Crippen LogP contribution in [-0.2, 0) is 19.5 Å². The van der Waals surface area contributed by atoms with Crippen LogP contribution in [0.1, 0.15) is 31.2 Å². The number of nitrogens with zero attached hydrogens (tertiary/aromatic N) is 3. The van der Waals surface area contributed by atoms with Crippen molar-refractivity contribution in [2.45, 2.75) is 44.9 Å². The van der Waals surface area contributed by atoms with Crippen LogP contribution in [0.3, 0.4) is 0 Å². The van der Waals surface area contributed by atoms with Crippen LogP contribution in [0.15, 0.2) is 54.9 Å². The standard InChI is InChI=1S/C27H34FN3O4/c1-3-26-29-12-15-31(26)16-17-34-24-9-8-21(18-25(24)33-2)19-30-13-10-27(32,11-14-30)20-35-23-7-5-4-6-22(23)28/h4-9,12,15,18,32H,3,10-11,13-14,16-17,19-20H2,1-2H3. The molecule has 0 amide bonds. The molecule has 3 aromatic rings. The summed E-state index contributed by atoms with van der Waals surface area (Å²) in [5.74, 6) is 2.22. The van der Waals surface area contributed by atoms with Crippen LogP contribution in [0.25, 0.3) is 0 Å². The van der Waals surface area contributed by atoms with Crippen LogP contribution in [0.5, 0.6) is 17.2 Å². The molecule has 0 radical (unpaired) electrons. The van der Waals surface area contributed by atoms with E-state index >= 15 is 0 Å². The Kier molecular flexibility index (Phi) is 8.25. The number of likely N-dealkylation sites (tertiary alicyclic amines) is 1. The highest BCUT2D eigenvalue weighted by Gasteiger charge is 2.33. The summed E-state index contributed by atoms with van der Waals surface area (Å²) in [4.78, 5) is 6.63. The Morgan fingerprint density at radius 2 is 1.86 bits per heavy atom. The molecule has 35 heavy (non-hydrogen) atoms. The molecule has 0 spiro atoms. The fourth-order valence-corrected chi connectivity index (χ4v) is 4.35.